The molecular formula is C32H46N2O3S2. The molecule has 0 unspecified atom stereocenters. The predicted molar refractivity (Wildman–Crippen MR) is 168 cm³/mol. The van der Waals surface area contributed by atoms with Gasteiger partial charge in [0.15, 0.2) is 0 Å². The molecule has 5 nitrogen and oxygen atoms in total. The zero-order valence-electron chi connectivity index (χ0n) is 24.1. The highest BCUT2D eigenvalue weighted by Crippen LogP contribution is 2.30. The molecule has 39 heavy (non-hydrogen) atoms. The van der Waals surface area contributed by atoms with Gasteiger partial charge in [0.2, 0.25) is 0 Å². The van der Waals surface area contributed by atoms with E-state index in [-0.39, 0.29) is 5.91 Å². The maximum atomic E-state index is 13.4. The van der Waals surface area contributed by atoms with Gasteiger partial charge in [0.05, 0.1) is 0 Å². The van der Waals surface area contributed by atoms with E-state index in [1.165, 1.54) is 44.1 Å². The highest BCUT2D eigenvalue weighted by atomic mass is 32.2. The lowest BCUT2D eigenvalue weighted by atomic mass is 9.87. The Kier molecular flexibility index (Phi) is 13.2. The molecule has 214 valence electrons. The Labute approximate surface area is 243 Å². The van der Waals surface area contributed by atoms with Gasteiger partial charge in [0, 0.05) is 23.9 Å². The van der Waals surface area contributed by atoms with Gasteiger partial charge in [-0.15, -0.1) is 0 Å². The van der Waals surface area contributed by atoms with Crippen LogP contribution in [0.1, 0.15) is 73.4 Å². The fourth-order valence-electron chi connectivity index (χ4n) is 5.58. The Morgan fingerprint density at radius 3 is 2.46 bits per heavy atom. The third-order valence-corrected chi connectivity index (χ3v) is 9.40. The molecule has 7 heteroatoms. The van der Waals surface area contributed by atoms with E-state index in [0.29, 0.717) is 23.8 Å². The molecule has 0 aliphatic heterocycles. The van der Waals surface area contributed by atoms with Crippen molar-refractivity contribution in [3.63, 3.8) is 0 Å². The number of thioether (sulfide) groups is 2. The van der Waals surface area contributed by atoms with Crippen molar-refractivity contribution in [2.45, 2.75) is 77.4 Å². The number of carbonyl (C=O) groups excluding carboxylic acids is 1. The number of carboxylic acids is 1. The van der Waals surface area contributed by atoms with E-state index in [2.05, 4.69) is 42.5 Å². The number of carboxylic acid groups (broad SMARTS) is 1. The molecule has 0 bridgehead atoms. The van der Waals surface area contributed by atoms with Gasteiger partial charge in [0.25, 0.3) is 5.91 Å². The Hall–Kier alpha value is -1.96. The van der Waals surface area contributed by atoms with E-state index in [9.17, 15) is 14.7 Å². The molecule has 1 aliphatic rings. The van der Waals surface area contributed by atoms with Crippen LogP contribution < -0.4 is 5.32 Å². The molecule has 1 saturated carbocycles. The molecule has 2 atom stereocenters. The summed E-state index contributed by atoms with van der Waals surface area (Å²) in [7, 11) is 0. The molecule has 2 N–H and O–H groups in total. The number of nitrogens with zero attached hydrogens (tertiary/aromatic N) is 1. The quantitative estimate of drug-likeness (QED) is 0.238. The number of benzene rings is 2. The van der Waals surface area contributed by atoms with Gasteiger partial charge in [-0.25, -0.2) is 4.79 Å². The summed E-state index contributed by atoms with van der Waals surface area (Å²) in [6, 6.07) is 13.7. The summed E-state index contributed by atoms with van der Waals surface area (Å²) in [6.07, 6.45) is 12.6. The summed E-state index contributed by atoms with van der Waals surface area (Å²) in [4.78, 5) is 27.9. The maximum Gasteiger partial charge on any atom is 0.326 e. The SMILES string of the molecule is CSCC[C@H](NC(=O)c1ccc(CN(CCC2CCCCC2)[C@@H](C)CSC)cc1-c1ccccc1C)C(=O)O. The summed E-state index contributed by atoms with van der Waals surface area (Å²) in [5, 5.41) is 12.5. The minimum absolute atomic E-state index is 0.335. The van der Waals surface area contributed by atoms with Gasteiger partial charge >= 0.3 is 5.97 Å². The average Bonchev–Trinajstić information content (AvgIpc) is 2.93. The second kappa shape index (κ2) is 16.3. The Balaban J connectivity index is 1.89. The van der Waals surface area contributed by atoms with Gasteiger partial charge < -0.3 is 10.4 Å². The lowest BCUT2D eigenvalue weighted by Crippen LogP contribution is -2.41. The summed E-state index contributed by atoms with van der Waals surface area (Å²) < 4.78 is 0. The highest BCUT2D eigenvalue weighted by molar-refractivity contribution is 7.98. The molecule has 0 heterocycles. The van der Waals surface area contributed by atoms with Crippen molar-refractivity contribution in [3.8, 4) is 11.1 Å². The Bertz CT molecular complexity index is 1070. The lowest BCUT2D eigenvalue weighted by Gasteiger charge is -2.31. The standard InChI is InChI=1S/C32H46N2O3S2/c1-23-10-8-9-13-27(23)29-20-26(14-15-28(29)31(35)33-30(32(36)37)17-19-38-3)21-34(24(2)22-39-4)18-16-25-11-6-5-7-12-25/h8-10,13-15,20,24-25,30H,5-7,11-12,16-19,21-22H2,1-4H3,(H,33,35)(H,36,37)/t24-,30-/m0/s1. The summed E-state index contributed by atoms with van der Waals surface area (Å²) in [5.41, 5.74) is 4.66. The first-order valence-corrected chi connectivity index (χ1v) is 17.1. The summed E-state index contributed by atoms with van der Waals surface area (Å²) >= 11 is 3.47. The van der Waals surface area contributed by atoms with E-state index in [1.54, 1.807) is 11.8 Å². The molecule has 0 saturated heterocycles. The fourth-order valence-corrected chi connectivity index (χ4v) is 6.74. The first-order valence-electron chi connectivity index (χ1n) is 14.3. The van der Waals surface area contributed by atoms with Crippen molar-refractivity contribution in [1.82, 2.24) is 10.2 Å². The summed E-state index contributed by atoms with van der Waals surface area (Å²) in [6.45, 7) is 6.30. The molecule has 3 rings (SSSR count). The van der Waals surface area contributed by atoms with Crippen molar-refractivity contribution in [2.24, 2.45) is 5.92 Å². The molecule has 1 fully saturated rings. The number of hydrogen-bond donors (Lipinski definition) is 2. The van der Waals surface area contributed by atoms with Crippen molar-refractivity contribution >= 4 is 35.4 Å². The van der Waals surface area contributed by atoms with Crippen LogP contribution in [0.4, 0.5) is 0 Å². The van der Waals surface area contributed by atoms with E-state index in [1.807, 2.05) is 48.3 Å². The van der Waals surface area contributed by atoms with Crippen LogP contribution >= 0.6 is 23.5 Å². The van der Waals surface area contributed by atoms with E-state index < -0.39 is 12.0 Å². The maximum absolute atomic E-state index is 13.4. The van der Waals surface area contributed by atoms with E-state index >= 15 is 0 Å². The highest BCUT2D eigenvalue weighted by Gasteiger charge is 2.24. The molecule has 2 aromatic carbocycles. The van der Waals surface area contributed by atoms with Gasteiger partial charge in [-0.1, -0.05) is 62.4 Å². The number of aryl methyl sites for hydroxylation is 1. The smallest absolute Gasteiger partial charge is 0.326 e. The lowest BCUT2D eigenvalue weighted by molar-refractivity contribution is -0.139. The zero-order valence-corrected chi connectivity index (χ0v) is 25.7. The average molecular weight is 571 g/mol. The van der Waals surface area contributed by atoms with Crippen molar-refractivity contribution < 1.29 is 14.7 Å². The molecule has 2 aromatic rings. The van der Waals surface area contributed by atoms with Gasteiger partial charge in [-0.2, -0.15) is 23.5 Å². The minimum atomic E-state index is -0.997. The minimum Gasteiger partial charge on any atom is -0.480 e. The topological polar surface area (TPSA) is 69.6 Å². The molecular weight excluding hydrogens is 524 g/mol. The molecule has 0 spiro atoms. The van der Waals surface area contributed by atoms with Crippen LogP contribution in [0.5, 0.6) is 0 Å². The van der Waals surface area contributed by atoms with Crippen molar-refractivity contribution in [2.75, 3.05) is 30.6 Å². The van der Waals surface area contributed by atoms with Crippen molar-refractivity contribution in [3.05, 3.63) is 59.2 Å². The zero-order chi connectivity index (χ0) is 28.2. The number of carbonyl (C=O) groups is 2. The number of hydrogen-bond acceptors (Lipinski definition) is 5. The van der Waals surface area contributed by atoms with Crippen molar-refractivity contribution in [1.29, 1.82) is 0 Å². The van der Waals surface area contributed by atoms with Crippen LogP contribution in [0.15, 0.2) is 42.5 Å². The van der Waals surface area contributed by atoms with Crippen LogP contribution in [0, 0.1) is 12.8 Å². The number of rotatable bonds is 15. The van der Waals surface area contributed by atoms with Gasteiger partial charge in [-0.3, -0.25) is 9.69 Å². The van der Waals surface area contributed by atoms with Crippen LogP contribution in [0.3, 0.4) is 0 Å². The van der Waals surface area contributed by atoms with Gasteiger partial charge in [0.1, 0.15) is 6.04 Å². The van der Waals surface area contributed by atoms with E-state index in [4.69, 9.17) is 0 Å². The second-order valence-electron chi connectivity index (χ2n) is 10.9. The Morgan fingerprint density at radius 1 is 1.05 bits per heavy atom. The molecule has 1 aliphatic carbocycles. The number of nitrogens with one attached hydrogen (secondary N) is 1. The second-order valence-corrected chi connectivity index (χ2v) is 12.8. The molecule has 1 amide bonds. The van der Waals surface area contributed by atoms with Crippen LogP contribution in [0.2, 0.25) is 0 Å². The molecule has 0 radical (unpaired) electrons. The fraction of sp³-hybridized carbons (Fsp3) is 0.562. The number of aliphatic carboxylic acids is 1. The largest absolute Gasteiger partial charge is 0.480 e. The third kappa shape index (κ3) is 9.58. The first-order chi connectivity index (χ1) is 18.8. The Morgan fingerprint density at radius 2 is 1.79 bits per heavy atom. The van der Waals surface area contributed by atoms with Crippen LogP contribution in [-0.4, -0.2) is 64.5 Å². The monoisotopic (exact) mass is 570 g/mol. The van der Waals surface area contributed by atoms with Gasteiger partial charge in [-0.05, 0) is 91.8 Å². The molecule has 0 aromatic heterocycles. The van der Waals surface area contributed by atoms with E-state index in [0.717, 1.165) is 41.5 Å². The third-order valence-electron chi connectivity index (χ3n) is 7.94. The predicted octanol–water partition coefficient (Wildman–Crippen LogP) is 7.12. The van der Waals surface area contributed by atoms with Crippen LogP contribution in [-0.2, 0) is 11.3 Å². The first kappa shape index (κ1) is 31.6. The normalized spacial score (nSPS) is 15.7. The van der Waals surface area contributed by atoms with Crippen LogP contribution in [0.25, 0.3) is 11.1 Å². The summed E-state index contributed by atoms with van der Waals surface area (Å²) in [5.74, 6) is 1.26. The number of amides is 1.